The molecule has 1 saturated heterocycles. The minimum absolute atomic E-state index is 0.615. The molecular formula is C23H39N3O5. The van der Waals surface area contributed by atoms with Crippen LogP contribution in [0.5, 0.6) is 17.2 Å². The van der Waals surface area contributed by atoms with Crippen LogP contribution in [0.1, 0.15) is 31.7 Å². The SMILES string of the molecule is CCNC(=NCCCOCC1CCOCC1)NCCc1ccc(OC)c(OC)c1OC. The third-order valence-electron chi connectivity index (χ3n) is 5.23. The average molecular weight is 438 g/mol. The summed E-state index contributed by atoms with van der Waals surface area (Å²) in [6.07, 6.45) is 3.89. The molecule has 1 aliphatic rings. The van der Waals surface area contributed by atoms with Crippen LogP contribution in [0.4, 0.5) is 0 Å². The molecule has 1 heterocycles. The topological polar surface area (TPSA) is 82.6 Å². The van der Waals surface area contributed by atoms with Gasteiger partial charge in [0.2, 0.25) is 5.75 Å². The molecule has 2 N–H and O–H groups in total. The standard InChI is InChI=1S/C23H39N3O5/c1-5-24-23(25-12-6-14-31-17-18-10-15-30-16-11-18)26-13-9-19-7-8-20(27-2)22(29-4)21(19)28-3/h7-8,18H,5-6,9-17H2,1-4H3,(H2,24,25,26). The van der Waals surface area contributed by atoms with Crippen molar-refractivity contribution in [3.8, 4) is 17.2 Å². The van der Waals surface area contributed by atoms with E-state index in [4.69, 9.17) is 23.7 Å². The van der Waals surface area contributed by atoms with E-state index in [1.807, 2.05) is 12.1 Å². The zero-order valence-corrected chi connectivity index (χ0v) is 19.5. The minimum atomic E-state index is 0.615. The van der Waals surface area contributed by atoms with Gasteiger partial charge in [-0.15, -0.1) is 0 Å². The lowest BCUT2D eigenvalue weighted by atomic mass is 10.0. The normalized spacial score (nSPS) is 14.9. The van der Waals surface area contributed by atoms with Crippen LogP contribution in [0, 0.1) is 5.92 Å². The van der Waals surface area contributed by atoms with Gasteiger partial charge in [0.05, 0.1) is 21.3 Å². The first-order chi connectivity index (χ1) is 15.2. The second-order valence-electron chi connectivity index (χ2n) is 7.42. The first-order valence-electron chi connectivity index (χ1n) is 11.2. The molecule has 31 heavy (non-hydrogen) atoms. The van der Waals surface area contributed by atoms with Gasteiger partial charge < -0.3 is 34.3 Å². The fourth-order valence-electron chi connectivity index (χ4n) is 3.54. The number of nitrogens with one attached hydrogen (secondary N) is 2. The summed E-state index contributed by atoms with van der Waals surface area (Å²) in [5.41, 5.74) is 1.05. The van der Waals surface area contributed by atoms with Crippen molar-refractivity contribution in [2.75, 3.05) is 67.4 Å². The van der Waals surface area contributed by atoms with Crippen LogP contribution in [-0.4, -0.2) is 73.4 Å². The molecule has 8 nitrogen and oxygen atoms in total. The van der Waals surface area contributed by atoms with E-state index in [-0.39, 0.29) is 0 Å². The van der Waals surface area contributed by atoms with Gasteiger partial charge in [0.15, 0.2) is 17.5 Å². The molecule has 1 aromatic carbocycles. The molecule has 0 aliphatic carbocycles. The van der Waals surface area contributed by atoms with Crippen LogP contribution in [0.3, 0.4) is 0 Å². The molecule has 0 amide bonds. The number of rotatable bonds is 13. The molecule has 0 atom stereocenters. The summed E-state index contributed by atoms with van der Waals surface area (Å²) in [5, 5.41) is 6.67. The van der Waals surface area contributed by atoms with Crippen molar-refractivity contribution in [2.24, 2.45) is 10.9 Å². The molecular weight excluding hydrogens is 398 g/mol. The Hall–Kier alpha value is -2.19. The smallest absolute Gasteiger partial charge is 0.203 e. The van der Waals surface area contributed by atoms with E-state index in [2.05, 4.69) is 22.5 Å². The van der Waals surface area contributed by atoms with Gasteiger partial charge in [-0.1, -0.05) is 6.07 Å². The molecule has 0 aromatic heterocycles. The van der Waals surface area contributed by atoms with Crippen LogP contribution in [0.25, 0.3) is 0 Å². The Labute approximate surface area is 186 Å². The molecule has 2 rings (SSSR count). The van der Waals surface area contributed by atoms with E-state index in [1.165, 1.54) is 0 Å². The van der Waals surface area contributed by atoms with Gasteiger partial charge in [-0.2, -0.15) is 0 Å². The summed E-state index contributed by atoms with van der Waals surface area (Å²) in [4.78, 5) is 4.65. The zero-order valence-electron chi connectivity index (χ0n) is 19.5. The number of methoxy groups -OCH3 is 3. The van der Waals surface area contributed by atoms with Gasteiger partial charge in [-0.05, 0) is 44.6 Å². The summed E-state index contributed by atoms with van der Waals surface area (Å²) >= 11 is 0. The third-order valence-corrected chi connectivity index (χ3v) is 5.23. The van der Waals surface area contributed by atoms with Gasteiger partial charge in [0.1, 0.15) is 0 Å². The maximum absolute atomic E-state index is 5.82. The van der Waals surface area contributed by atoms with Crippen LogP contribution in [-0.2, 0) is 15.9 Å². The van der Waals surface area contributed by atoms with Crippen molar-refractivity contribution < 1.29 is 23.7 Å². The largest absolute Gasteiger partial charge is 0.493 e. The van der Waals surface area contributed by atoms with Crippen molar-refractivity contribution in [3.63, 3.8) is 0 Å². The van der Waals surface area contributed by atoms with Crippen LogP contribution >= 0.6 is 0 Å². The maximum atomic E-state index is 5.82. The van der Waals surface area contributed by atoms with E-state index in [0.29, 0.717) is 23.2 Å². The van der Waals surface area contributed by atoms with E-state index in [9.17, 15) is 0 Å². The predicted molar refractivity (Wildman–Crippen MR) is 123 cm³/mol. The van der Waals surface area contributed by atoms with Crippen molar-refractivity contribution in [1.29, 1.82) is 0 Å². The van der Waals surface area contributed by atoms with E-state index >= 15 is 0 Å². The number of aliphatic imine (C=N–C) groups is 1. The molecule has 176 valence electrons. The minimum Gasteiger partial charge on any atom is -0.493 e. The third kappa shape index (κ3) is 8.45. The molecule has 8 heteroatoms. The van der Waals surface area contributed by atoms with Gasteiger partial charge >= 0.3 is 0 Å². The fourth-order valence-corrected chi connectivity index (χ4v) is 3.54. The van der Waals surface area contributed by atoms with Crippen molar-refractivity contribution >= 4 is 5.96 Å². The van der Waals surface area contributed by atoms with Crippen molar-refractivity contribution in [2.45, 2.75) is 32.6 Å². The Balaban J connectivity index is 1.76. The van der Waals surface area contributed by atoms with Gasteiger partial charge in [0, 0.05) is 51.6 Å². The quantitative estimate of drug-likeness (QED) is 0.279. The van der Waals surface area contributed by atoms with Crippen LogP contribution < -0.4 is 24.8 Å². The Bertz CT molecular complexity index is 663. The predicted octanol–water partition coefficient (Wildman–Crippen LogP) is 2.64. The Morgan fingerprint density at radius 2 is 1.84 bits per heavy atom. The Morgan fingerprint density at radius 1 is 1.06 bits per heavy atom. The van der Waals surface area contributed by atoms with E-state index < -0.39 is 0 Å². The first-order valence-corrected chi connectivity index (χ1v) is 11.2. The van der Waals surface area contributed by atoms with E-state index in [0.717, 1.165) is 83.3 Å². The van der Waals surface area contributed by atoms with Crippen molar-refractivity contribution in [3.05, 3.63) is 17.7 Å². The lowest BCUT2D eigenvalue weighted by Crippen LogP contribution is -2.38. The highest BCUT2D eigenvalue weighted by Crippen LogP contribution is 2.39. The number of hydrogen-bond donors (Lipinski definition) is 2. The summed E-state index contributed by atoms with van der Waals surface area (Å²) in [7, 11) is 4.88. The van der Waals surface area contributed by atoms with Crippen LogP contribution in [0.2, 0.25) is 0 Å². The number of nitrogens with zero attached hydrogens (tertiary/aromatic N) is 1. The lowest BCUT2D eigenvalue weighted by Gasteiger charge is -2.21. The summed E-state index contributed by atoms with van der Waals surface area (Å²) in [6, 6.07) is 3.90. The Morgan fingerprint density at radius 3 is 2.52 bits per heavy atom. The van der Waals surface area contributed by atoms with Gasteiger partial charge in [0.25, 0.3) is 0 Å². The summed E-state index contributed by atoms with van der Waals surface area (Å²) < 4.78 is 27.6. The molecule has 1 aliphatic heterocycles. The van der Waals surface area contributed by atoms with Gasteiger partial charge in [-0.25, -0.2) is 0 Å². The highest BCUT2D eigenvalue weighted by Gasteiger charge is 2.16. The molecule has 0 radical (unpaired) electrons. The molecule has 0 unspecified atom stereocenters. The number of ether oxygens (including phenoxy) is 5. The van der Waals surface area contributed by atoms with E-state index in [1.54, 1.807) is 21.3 Å². The molecule has 0 spiro atoms. The number of benzene rings is 1. The highest BCUT2D eigenvalue weighted by atomic mass is 16.5. The molecule has 0 bridgehead atoms. The molecule has 1 aromatic rings. The van der Waals surface area contributed by atoms with Crippen LogP contribution in [0.15, 0.2) is 17.1 Å². The Kier molecular flexibility index (Phi) is 11.9. The monoisotopic (exact) mass is 437 g/mol. The molecule has 1 fully saturated rings. The summed E-state index contributed by atoms with van der Waals surface area (Å²) in [6.45, 7) is 7.62. The first kappa shape index (κ1) is 25.1. The highest BCUT2D eigenvalue weighted by molar-refractivity contribution is 5.79. The molecule has 0 saturated carbocycles. The number of hydrogen-bond acceptors (Lipinski definition) is 6. The second-order valence-corrected chi connectivity index (χ2v) is 7.42. The zero-order chi connectivity index (χ0) is 22.3. The van der Waals surface area contributed by atoms with Crippen molar-refractivity contribution in [1.82, 2.24) is 10.6 Å². The second kappa shape index (κ2) is 14.8. The maximum Gasteiger partial charge on any atom is 0.203 e. The number of guanidine groups is 1. The average Bonchev–Trinajstić information content (AvgIpc) is 2.81. The van der Waals surface area contributed by atoms with Gasteiger partial charge in [-0.3, -0.25) is 4.99 Å². The summed E-state index contributed by atoms with van der Waals surface area (Å²) in [5.74, 6) is 3.43. The fraction of sp³-hybridized carbons (Fsp3) is 0.696. The lowest BCUT2D eigenvalue weighted by molar-refractivity contribution is 0.0205.